The number of aliphatic hydroxyl groups is 1. The molecule has 1 nitrogen and oxygen atoms in total. The summed E-state index contributed by atoms with van der Waals surface area (Å²) in [6, 6.07) is 10.1. The van der Waals surface area contributed by atoms with E-state index in [1.807, 2.05) is 0 Å². The highest BCUT2D eigenvalue weighted by molar-refractivity contribution is 6.31. The van der Waals surface area contributed by atoms with E-state index in [9.17, 15) is 13.9 Å². The average molecular weight is 283 g/mol. The Morgan fingerprint density at radius 3 is 2.21 bits per heavy atom. The summed E-state index contributed by atoms with van der Waals surface area (Å²) in [5.41, 5.74) is 1.53. The Balaban J connectivity index is 2.01. The molecule has 2 rings (SSSR count). The van der Waals surface area contributed by atoms with Gasteiger partial charge in [-0.3, -0.25) is 0 Å². The van der Waals surface area contributed by atoms with E-state index < -0.39 is 11.9 Å². The van der Waals surface area contributed by atoms with E-state index in [1.54, 1.807) is 18.2 Å². The maximum atomic E-state index is 12.9. The van der Waals surface area contributed by atoms with Crippen molar-refractivity contribution in [3.05, 3.63) is 70.2 Å². The summed E-state index contributed by atoms with van der Waals surface area (Å²) in [5, 5.41) is 10.3. The lowest BCUT2D eigenvalue weighted by Gasteiger charge is -2.12. The van der Waals surface area contributed by atoms with Crippen molar-refractivity contribution in [1.82, 2.24) is 0 Å². The standard InChI is InChI=1S/C15H13ClF2O/c16-15-9-13(18)6-3-11(15)8-14(19)7-10-1-4-12(17)5-2-10/h1-6,9,14,19H,7-8H2. The molecule has 0 saturated carbocycles. The lowest BCUT2D eigenvalue weighted by atomic mass is 10.0. The van der Waals surface area contributed by atoms with E-state index in [0.29, 0.717) is 23.4 Å². The van der Waals surface area contributed by atoms with Gasteiger partial charge in [-0.25, -0.2) is 8.78 Å². The van der Waals surface area contributed by atoms with Crippen LogP contribution in [0.4, 0.5) is 8.78 Å². The fraction of sp³-hybridized carbons (Fsp3) is 0.200. The fourth-order valence-corrected chi connectivity index (χ4v) is 2.15. The van der Waals surface area contributed by atoms with Gasteiger partial charge in [-0.1, -0.05) is 29.8 Å². The zero-order valence-electron chi connectivity index (χ0n) is 10.1. The molecule has 0 spiro atoms. The minimum atomic E-state index is -0.645. The van der Waals surface area contributed by atoms with Crippen molar-refractivity contribution in [3.8, 4) is 0 Å². The molecule has 19 heavy (non-hydrogen) atoms. The van der Waals surface area contributed by atoms with Crippen molar-refractivity contribution in [2.75, 3.05) is 0 Å². The molecule has 1 unspecified atom stereocenters. The van der Waals surface area contributed by atoms with Crippen LogP contribution in [0.3, 0.4) is 0 Å². The van der Waals surface area contributed by atoms with Crippen molar-refractivity contribution in [2.24, 2.45) is 0 Å². The van der Waals surface area contributed by atoms with Gasteiger partial charge in [0.25, 0.3) is 0 Å². The number of benzene rings is 2. The first-order valence-electron chi connectivity index (χ1n) is 5.91. The molecule has 0 amide bonds. The number of aliphatic hydroxyl groups excluding tert-OH is 1. The van der Waals surface area contributed by atoms with Gasteiger partial charge in [0, 0.05) is 11.4 Å². The molecule has 0 heterocycles. The molecule has 100 valence electrons. The van der Waals surface area contributed by atoms with Gasteiger partial charge in [-0.15, -0.1) is 0 Å². The van der Waals surface area contributed by atoms with E-state index in [1.165, 1.54) is 24.3 Å². The highest BCUT2D eigenvalue weighted by Gasteiger charge is 2.10. The molecular weight excluding hydrogens is 270 g/mol. The number of hydrogen-bond donors (Lipinski definition) is 1. The van der Waals surface area contributed by atoms with Crippen LogP contribution in [0.5, 0.6) is 0 Å². The highest BCUT2D eigenvalue weighted by Crippen LogP contribution is 2.20. The molecule has 0 fully saturated rings. The molecule has 0 aromatic heterocycles. The summed E-state index contributed by atoms with van der Waals surface area (Å²) in [5.74, 6) is -0.707. The Morgan fingerprint density at radius 1 is 0.947 bits per heavy atom. The first kappa shape index (κ1) is 14.0. The van der Waals surface area contributed by atoms with Crippen molar-refractivity contribution in [3.63, 3.8) is 0 Å². The molecule has 1 N–H and O–H groups in total. The van der Waals surface area contributed by atoms with Gasteiger partial charge in [0.1, 0.15) is 11.6 Å². The molecule has 0 aliphatic carbocycles. The van der Waals surface area contributed by atoms with Crippen LogP contribution in [0.25, 0.3) is 0 Å². The van der Waals surface area contributed by atoms with E-state index in [2.05, 4.69) is 0 Å². The monoisotopic (exact) mass is 282 g/mol. The van der Waals surface area contributed by atoms with Crippen LogP contribution >= 0.6 is 11.6 Å². The Hall–Kier alpha value is -1.45. The zero-order chi connectivity index (χ0) is 13.8. The summed E-state index contributed by atoms with van der Waals surface area (Å²) in [7, 11) is 0. The van der Waals surface area contributed by atoms with Crippen LogP contribution in [0.2, 0.25) is 5.02 Å². The first-order valence-corrected chi connectivity index (χ1v) is 6.29. The van der Waals surface area contributed by atoms with Crippen molar-refractivity contribution < 1.29 is 13.9 Å². The molecule has 2 aromatic rings. The SMILES string of the molecule is OC(Cc1ccc(F)cc1)Cc1ccc(F)cc1Cl. The van der Waals surface area contributed by atoms with Crippen molar-refractivity contribution >= 4 is 11.6 Å². The van der Waals surface area contributed by atoms with Crippen LogP contribution in [0, 0.1) is 11.6 Å². The predicted octanol–water partition coefficient (Wildman–Crippen LogP) is 3.76. The normalized spacial score (nSPS) is 12.4. The average Bonchev–Trinajstić information content (AvgIpc) is 2.36. The van der Waals surface area contributed by atoms with Gasteiger partial charge in [0.05, 0.1) is 6.10 Å². The van der Waals surface area contributed by atoms with Crippen LogP contribution in [0.15, 0.2) is 42.5 Å². The minimum absolute atomic E-state index is 0.304. The highest BCUT2D eigenvalue weighted by atomic mass is 35.5. The molecule has 0 aliphatic rings. The Labute approximate surface area is 115 Å². The van der Waals surface area contributed by atoms with Gasteiger partial charge >= 0.3 is 0 Å². The topological polar surface area (TPSA) is 20.2 Å². The molecule has 4 heteroatoms. The van der Waals surface area contributed by atoms with Crippen molar-refractivity contribution in [2.45, 2.75) is 18.9 Å². The van der Waals surface area contributed by atoms with Gasteiger partial charge in [0.2, 0.25) is 0 Å². The van der Waals surface area contributed by atoms with E-state index in [0.717, 1.165) is 5.56 Å². The van der Waals surface area contributed by atoms with E-state index >= 15 is 0 Å². The third-order valence-electron chi connectivity index (χ3n) is 2.86. The van der Waals surface area contributed by atoms with Gasteiger partial charge in [-0.2, -0.15) is 0 Å². The second-order valence-corrected chi connectivity index (χ2v) is 4.83. The quantitative estimate of drug-likeness (QED) is 0.905. The number of halogens is 3. The fourth-order valence-electron chi connectivity index (χ4n) is 1.91. The van der Waals surface area contributed by atoms with E-state index in [4.69, 9.17) is 11.6 Å². The maximum absolute atomic E-state index is 12.9. The summed E-state index contributed by atoms with van der Waals surface area (Å²) in [6.45, 7) is 0. The summed E-state index contributed by atoms with van der Waals surface area (Å²) in [4.78, 5) is 0. The molecule has 0 saturated heterocycles. The minimum Gasteiger partial charge on any atom is -0.392 e. The summed E-state index contributed by atoms with van der Waals surface area (Å²) >= 11 is 5.90. The lowest BCUT2D eigenvalue weighted by molar-refractivity contribution is 0.175. The van der Waals surface area contributed by atoms with Gasteiger partial charge < -0.3 is 5.11 Å². The summed E-state index contributed by atoms with van der Waals surface area (Å²) in [6.07, 6.45) is 0.0817. The first-order chi connectivity index (χ1) is 9.04. The van der Waals surface area contributed by atoms with Gasteiger partial charge in [0.15, 0.2) is 0 Å². The Morgan fingerprint density at radius 2 is 1.58 bits per heavy atom. The predicted molar refractivity (Wildman–Crippen MR) is 71.2 cm³/mol. The third-order valence-corrected chi connectivity index (χ3v) is 3.21. The zero-order valence-corrected chi connectivity index (χ0v) is 10.9. The third kappa shape index (κ3) is 4.01. The van der Waals surface area contributed by atoms with E-state index in [-0.39, 0.29) is 5.82 Å². The van der Waals surface area contributed by atoms with Crippen molar-refractivity contribution in [1.29, 1.82) is 0 Å². The second-order valence-electron chi connectivity index (χ2n) is 4.42. The second kappa shape index (κ2) is 6.13. The van der Waals surface area contributed by atoms with Crippen LogP contribution in [0.1, 0.15) is 11.1 Å². The lowest BCUT2D eigenvalue weighted by Crippen LogP contribution is -2.14. The Bertz CT molecular complexity index is 555. The maximum Gasteiger partial charge on any atom is 0.124 e. The van der Waals surface area contributed by atoms with Gasteiger partial charge in [-0.05, 0) is 41.8 Å². The van der Waals surface area contributed by atoms with Crippen LogP contribution in [-0.2, 0) is 12.8 Å². The molecule has 0 aliphatic heterocycles. The molecule has 0 bridgehead atoms. The molecule has 2 aromatic carbocycles. The number of rotatable bonds is 4. The number of hydrogen-bond acceptors (Lipinski definition) is 1. The Kier molecular flexibility index (Phi) is 4.51. The molecule has 0 radical (unpaired) electrons. The molecular formula is C15H13ClF2O. The smallest absolute Gasteiger partial charge is 0.124 e. The molecule has 1 atom stereocenters. The summed E-state index contributed by atoms with van der Waals surface area (Å²) < 4.78 is 25.6. The van der Waals surface area contributed by atoms with Crippen LogP contribution < -0.4 is 0 Å². The van der Waals surface area contributed by atoms with Crippen LogP contribution in [-0.4, -0.2) is 11.2 Å². The largest absolute Gasteiger partial charge is 0.392 e.